The standard InChI is InChI=1S/C18H23N5O4/c1-11-13(12(2)27-20-11)8-16(24)23-9-14-15(10-23)21(3)19-17(14)18(25)22-4-6-26-7-5-22/h4-10H2,1-3H3. The molecular formula is C18H23N5O4. The van der Waals surface area contributed by atoms with Gasteiger partial charge in [-0.2, -0.15) is 5.10 Å². The number of morpholine rings is 1. The van der Waals surface area contributed by atoms with Gasteiger partial charge < -0.3 is 19.1 Å². The first kappa shape index (κ1) is 17.7. The second-order valence-electron chi connectivity index (χ2n) is 7.03. The molecule has 2 aliphatic heterocycles. The topological polar surface area (TPSA) is 93.7 Å². The Kier molecular flexibility index (Phi) is 4.47. The zero-order valence-electron chi connectivity index (χ0n) is 15.8. The van der Waals surface area contributed by atoms with Crippen LogP contribution in [0.4, 0.5) is 0 Å². The van der Waals surface area contributed by atoms with Gasteiger partial charge in [-0.1, -0.05) is 5.16 Å². The Morgan fingerprint density at radius 3 is 2.52 bits per heavy atom. The molecule has 2 amide bonds. The molecule has 0 saturated carbocycles. The zero-order chi connectivity index (χ0) is 19.1. The minimum atomic E-state index is -0.0878. The number of carbonyl (C=O) groups excluding carboxylic acids is 2. The molecule has 1 fully saturated rings. The summed E-state index contributed by atoms with van der Waals surface area (Å²) in [7, 11) is 1.82. The molecule has 4 heterocycles. The van der Waals surface area contributed by atoms with E-state index in [1.54, 1.807) is 14.5 Å². The van der Waals surface area contributed by atoms with Crippen LogP contribution in [0.25, 0.3) is 0 Å². The van der Waals surface area contributed by atoms with Gasteiger partial charge >= 0.3 is 0 Å². The molecule has 0 spiro atoms. The van der Waals surface area contributed by atoms with Crippen molar-refractivity contribution in [3.8, 4) is 0 Å². The summed E-state index contributed by atoms with van der Waals surface area (Å²) in [4.78, 5) is 29.2. The Morgan fingerprint density at radius 1 is 1.11 bits per heavy atom. The van der Waals surface area contributed by atoms with Crippen LogP contribution in [0.2, 0.25) is 0 Å². The largest absolute Gasteiger partial charge is 0.378 e. The molecule has 0 N–H and O–H groups in total. The Labute approximate surface area is 156 Å². The summed E-state index contributed by atoms with van der Waals surface area (Å²) in [5, 5.41) is 8.34. The average Bonchev–Trinajstić information content (AvgIpc) is 3.33. The minimum absolute atomic E-state index is 0.00892. The normalized spacial score (nSPS) is 16.7. The number of rotatable bonds is 3. The van der Waals surface area contributed by atoms with Crippen LogP contribution in [0.15, 0.2) is 4.52 Å². The quantitative estimate of drug-likeness (QED) is 0.781. The molecule has 2 aromatic rings. The third-order valence-corrected chi connectivity index (χ3v) is 5.33. The third-order valence-electron chi connectivity index (χ3n) is 5.33. The van der Waals surface area contributed by atoms with E-state index >= 15 is 0 Å². The Balaban J connectivity index is 1.51. The summed E-state index contributed by atoms with van der Waals surface area (Å²) >= 11 is 0. The molecule has 0 aromatic carbocycles. The molecule has 0 atom stereocenters. The van der Waals surface area contributed by atoms with Gasteiger partial charge in [0.25, 0.3) is 5.91 Å². The van der Waals surface area contributed by atoms with Crippen molar-refractivity contribution in [1.82, 2.24) is 24.7 Å². The summed E-state index contributed by atoms with van der Waals surface area (Å²) in [6.07, 6.45) is 0.245. The Morgan fingerprint density at radius 2 is 1.85 bits per heavy atom. The highest BCUT2D eigenvalue weighted by Gasteiger charge is 2.34. The van der Waals surface area contributed by atoms with Crippen LogP contribution in [0, 0.1) is 13.8 Å². The summed E-state index contributed by atoms with van der Waals surface area (Å²) < 4.78 is 12.2. The fourth-order valence-electron chi connectivity index (χ4n) is 3.68. The highest BCUT2D eigenvalue weighted by Crippen LogP contribution is 2.27. The number of aryl methyl sites for hydroxylation is 3. The van der Waals surface area contributed by atoms with Gasteiger partial charge in [-0.15, -0.1) is 0 Å². The first-order chi connectivity index (χ1) is 13.0. The van der Waals surface area contributed by atoms with Crippen LogP contribution in [-0.4, -0.2) is 62.9 Å². The maximum Gasteiger partial charge on any atom is 0.274 e. The number of aromatic nitrogens is 3. The number of nitrogens with zero attached hydrogens (tertiary/aromatic N) is 5. The van der Waals surface area contributed by atoms with E-state index in [0.29, 0.717) is 50.8 Å². The lowest BCUT2D eigenvalue weighted by Gasteiger charge is -2.26. The molecule has 9 heteroatoms. The first-order valence-corrected chi connectivity index (χ1v) is 9.07. The van der Waals surface area contributed by atoms with Crippen molar-refractivity contribution in [2.75, 3.05) is 26.3 Å². The molecule has 2 aliphatic rings. The highest BCUT2D eigenvalue weighted by atomic mass is 16.5. The van der Waals surface area contributed by atoms with Gasteiger partial charge in [-0.05, 0) is 13.8 Å². The molecule has 0 bridgehead atoms. The van der Waals surface area contributed by atoms with Crippen LogP contribution in [0.5, 0.6) is 0 Å². The number of hydrogen-bond donors (Lipinski definition) is 0. The SMILES string of the molecule is Cc1noc(C)c1CC(=O)N1Cc2c(C(=O)N3CCOCC3)nn(C)c2C1. The summed E-state index contributed by atoms with van der Waals surface area (Å²) in [6, 6.07) is 0. The predicted octanol–water partition coefficient (Wildman–Crippen LogP) is 0.582. The molecule has 0 aliphatic carbocycles. The fraction of sp³-hybridized carbons (Fsp3) is 0.556. The monoisotopic (exact) mass is 373 g/mol. The number of carbonyl (C=O) groups is 2. The molecule has 0 radical (unpaired) electrons. The lowest BCUT2D eigenvalue weighted by atomic mass is 10.1. The predicted molar refractivity (Wildman–Crippen MR) is 93.9 cm³/mol. The average molecular weight is 373 g/mol. The lowest BCUT2D eigenvalue weighted by Crippen LogP contribution is -2.41. The first-order valence-electron chi connectivity index (χ1n) is 9.07. The molecule has 2 aromatic heterocycles. The van der Waals surface area contributed by atoms with Gasteiger partial charge in [0.2, 0.25) is 5.91 Å². The van der Waals surface area contributed by atoms with E-state index in [0.717, 1.165) is 22.5 Å². The lowest BCUT2D eigenvalue weighted by molar-refractivity contribution is -0.131. The van der Waals surface area contributed by atoms with E-state index in [-0.39, 0.29) is 18.2 Å². The van der Waals surface area contributed by atoms with Gasteiger partial charge in [-0.25, -0.2) is 0 Å². The van der Waals surface area contributed by atoms with Crippen LogP contribution in [0.3, 0.4) is 0 Å². The van der Waals surface area contributed by atoms with Crippen molar-refractivity contribution >= 4 is 11.8 Å². The van der Waals surface area contributed by atoms with Crippen molar-refractivity contribution in [3.63, 3.8) is 0 Å². The van der Waals surface area contributed by atoms with Gasteiger partial charge in [0.05, 0.1) is 44.1 Å². The van der Waals surface area contributed by atoms with Crippen molar-refractivity contribution in [1.29, 1.82) is 0 Å². The van der Waals surface area contributed by atoms with Crippen molar-refractivity contribution < 1.29 is 18.8 Å². The maximum atomic E-state index is 12.9. The number of hydrogen-bond acceptors (Lipinski definition) is 6. The van der Waals surface area contributed by atoms with Crippen LogP contribution >= 0.6 is 0 Å². The van der Waals surface area contributed by atoms with Crippen molar-refractivity contribution in [2.24, 2.45) is 7.05 Å². The van der Waals surface area contributed by atoms with E-state index < -0.39 is 0 Å². The second kappa shape index (κ2) is 6.80. The van der Waals surface area contributed by atoms with E-state index in [1.807, 2.05) is 20.9 Å². The van der Waals surface area contributed by atoms with E-state index in [4.69, 9.17) is 9.26 Å². The number of fused-ring (bicyclic) bond motifs is 1. The molecule has 144 valence electrons. The fourth-order valence-corrected chi connectivity index (χ4v) is 3.68. The van der Waals surface area contributed by atoms with Crippen molar-refractivity contribution in [2.45, 2.75) is 33.4 Å². The van der Waals surface area contributed by atoms with Gasteiger partial charge in [0.1, 0.15) is 5.76 Å². The molecule has 0 unspecified atom stereocenters. The molecule has 1 saturated heterocycles. The zero-order valence-corrected chi connectivity index (χ0v) is 15.8. The Hall–Kier alpha value is -2.68. The summed E-state index contributed by atoms with van der Waals surface area (Å²) in [5.74, 6) is 0.572. The van der Waals surface area contributed by atoms with Gasteiger partial charge in [0.15, 0.2) is 5.69 Å². The van der Waals surface area contributed by atoms with E-state index in [2.05, 4.69) is 10.3 Å². The molecule has 9 nitrogen and oxygen atoms in total. The minimum Gasteiger partial charge on any atom is -0.378 e. The van der Waals surface area contributed by atoms with Crippen LogP contribution < -0.4 is 0 Å². The molecule has 4 rings (SSSR count). The Bertz CT molecular complexity index is 874. The number of ether oxygens (including phenoxy) is 1. The van der Waals surface area contributed by atoms with Gasteiger partial charge in [0, 0.05) is 31.3 Å². The summed E-state index contributed by atoms with van der Waals surface area (Å²) in [5.41, 5.74) is 3.78. The molecule has 27 heavy (non-hydrogen) atoms. The molecular weight excluding hydrogens is 350 g/mol. The number of amides is 2. The maximum absolute atomic E-state index is 12.9. The second-order valence-corrected chi connectivity index (χ2v) is 7.03. The van der Waals surface area contributed by atoms with E-state index in [1.165, 1.54) is 0 Å². The summed E-state index contributed by atoms with van der Waals surface area (Å²) in [6.45, 7) is 6.73. The van der Waals surface area contributed by atoms with Crippen LogP contribution in [-0.2, 0) is 36.1 Å². The third kappa shape index (κ3) is 3.12. The van der Waals surface area contributed by atoms with Crippen LogP contribution in [0.1, 0.15) is 38.8 Å². The highest BCUT2D eigenvalue weighted by molar-refractivity contribution is 5.94. The van der Waals surface area contributed by atoms with Crippen molar-refractivity contribution in [3.05, 3.63) is 34.0 Å². The van der Waals surface area contributed by atoms with E-state index in [9.17, 15) is 9.59 Å². The smallest absolute Gasteiger partial charge is 0.274 e. The van der Waals surface area contributed by atoms with Gasteiger partial charge in [-0.3, -0.25) is 14.3 Å².